The van der Waals surface area contributed by atoms with E-state index in [4.69, 9.17) is 5.11 Å². The second-order valence-electron chi connectivity index (χ2n) is 11.4. The molecule has 3 atom stereocenters. The molecule has 0 amide bonds. The summed E-state index contributed by atoms with van der Waals surface area (Å²) in [6.07, 6.45) is 5.26. The van der Waals surface area contributed by atoms with Crippen molar-refractivity contribution in [2.24, 2.45) is 29.6 Å². The van der Waals surface area contributed by atoms with E-state index in [0.717, 1.165) is 43.4 Å². The van der Waals surface area contributed by atoms with Crippen LogP contribution in [-0.2, 0) is 0 Å². The van der Waals surface area contributed by atoms with Crippen molar-refractivity contribution >= 4 is 0 Å². The van der Waals surface area contributed by atoms with Crippen molar-refractivity contribution in [1.29, 1.82) is 0 Å². The maximum Gasteiger partial charge on any atom is 0.0619 e. The number of aliphatic hydroxyl groups excluding tert-OH is 1. The van der Waals surface area contributed by atoms with Crippen LogP contribution in [0.25, 0.3) is 0 Å². The first-order valence-electron chi connectivity index (χ1n) is 11.9. The van der Waals surface area contributed by atoms with Gasteiger partial charge in [-0.1, -0.05) is 68.2 Å². The molecule has 0 radical (unpaired) electrons. The SMILES string of the molecule is CC(C)CCCC(C)(C)O.CC(C)[C@H](C)C(C)(C)O.CC(O)CC[C@@H](C)C(C)C. The van der Waals surface area contributed by atoms with Crippen molar-refractivity contribution in [3.05, 3.63) is 0 Å². The van der Waals surface area contributed by atoms with Gasteiger partial charge in [0.1, 0.15) is 0 Å². The lowest BCUT2D eigenvalue weighted by Gasteiger charge is -2.28. The molecule has 3 N–H and O–H groups in total. The summed E-state index contributed by atoms with van der Waals surface area (Å²) in [6.45, 7) is 26.8. The normalized spacial score (nSPS) is 15.4. The zero-order valence-corrected chi connectivity index (χ0v) is 22.3. The highest BCUT2D eigenvalue weighted by molar-refractivity contribution is 4.75. The molecule has 0 aromatic rings. The van der Waals surface area contributed by atoms with Crippen LogP contribution in [-0.4, -0.2) is 32.6 Å². The van der Waals surface area contributed by atoms with Crippen LogP contribution in [0, 0.1) is 29.6 Å². The van der Waals surface area contributed by atoms with Crippen molar-refractivity contribution in [3.63, 3.8) is 0 Å². The molecule has 0 saturated carbocycles. The summed E-state index contributed by atoms with van der Waals surface area (Å²) in [6, 6.07) is 0. The van der Waals surface area contributed by atoms with Gasteiger partial charge in [0.15, 0.2) is 0 Å². The topological polar surface area (TPSA) is 60.7 Å². The lowest BCUT2D eigenvalue weighted by atomic mass is 9.84. The largest absolute Gasteiger partial charge is 0.393 e. The fourth-order valence-electron chi connectivity index (χ4n) is 2.60. The van der Waals surface area contributed by atoms with E-state index in [1.165, 1.54) is 6.42 Å². The monoisotopic (exact) mass is 418 g/mol. The number of hydrogen-bond acceptors (Lipinski definition) is 3. The molecule has 0 rings (SSSR count). The molecule has 180 valence electrons. The smallest absolute Gasteiger partial charge is 0.0619 e. The molecule has 1 unspecified atom stereocenters. The van der Waals surface area contributed by atoms with E-state index >= 15 is 0 Å². The first-order chi connectivity index (χ1) is 12.8. The van der Waals surface area contributed by atoms with Crippen LogP contribution in [0.5, 0.6) is 0 Å². The van der Waals surface area contributed by atoms with E-state index in [2.05, 4.69) is 55.4 Å². The first-order valence-corrected chi connectivity index (χ1v) is 11.9. The highest BCUT2D eigenvalue weighted by Crippen LogP contribution is 2.23. The van der Waals surface area contributed by atoms with Crippen LogP contribution in [0.15, 0.2) is 0 Å². The van der Waals surface area contributed by atoms with Crippen LogP contribution in [0.1, 0.15) is 122 Å². The Balaban J connectivity index is -0.000000350. The molecule has 3 heteroatoms. The van der Waals surface area contributed by atoms with Gasteiger partial charge in [0.25, 0.3) is 0 Å². The van der Waals surface area contributed by atoms with Gasteiger partial charge in [0.2, 0.25) is 0 Å². The molecule has 29 heavy (non-hydrogen) atoms. The minimum absolute atomic E-state index is 0.124. The Morgan fingerprint density at radius 3 is 1.31 bits per heavy atom. The third kappa shape index (κ3) is 27.9. The van der Waals surface area contributed by atoms with Crippen molar-refractivity contribution in [3.8, 4) is 0 Å². The van der Waals surface area contributed by atoms with Crippen LogP contribution in [0.2, 0.25) is 0 Å². The Bertz CT molecular complexity index is 346. The maximum absolute atomic E-state index is 9.46. The highest BCUT2D eigenvalue weighted by atomic mass is 16.3. The predicted molar refractivity (Wildman–Crippen MR) is 130 cm³/mol. The van der Waals surface area contributed by atoms with Gasteiger partial charge in [0, 0.05) is 0 Å². The molecule has 0 aromatic carbocycles. The second kappa shape index (κ2) is 16.6. The zero-order valence-electron chi connectivity index (χ0n) is 22.3. The van der Waals surface area contributed by atoms with Crippen LogP contribution >= 0.6 is 0 Å². The van der Waals surface area contributed by atoms with Gasteiger partial charge in [-0.05, 0) is 83.5 Å². The van der Waals surface area contributed by atoms with E-state index in [-0.39, 0.29) is 6.10 Å². The number of rotatable bonds is 10. The molecule has 0 heterocycles. The predicted octanol–water partition coefficient (Wildman–Crippen LogP) is 7.07. The fraction of sp³-hybridized carbons (Fsp3) is 1.00. The molecular formula is C26H58O3. The van der Waals surface area contributed by atoms with Gasteiger partial charge in [-0.2, -0.15) is 0 Å². The van der Waals surface area contributed by atoms with Crippen molar-refractivity contribution < 1.29 is 15.3 Å². The van der Waals surface area contributed by atoms with Gasteiger partial charge < -0.3 is 15.3 Å². The third-order valence-electron chi connectivity index (χ3n) is 5.86. The van der Waals surface area contributed by atoms with E-state index < -0.39 is 11.2 Å². The van der Waals surface area contributed by atoms with Gasteiger partial charge >= 0.3 is 0 Å². The first kappa shape index (κ1) is 33.5. The average Bonchev–Trinajstić information content (AvgIpc) is 2.50. The summed E-state index contributed by atoms with van der Waals surface area (Å²) in [7, 11) is 0. The number of aliphatic hydroxyl groups is 3. The molecule has 0 fully saturated rings. The Morgan fingerprint density at radius 1 is 0.655 bits per heavy atom. The zero-order chi connectivity index (χ0) is 24.0. The Kier molecular flexibility index (Phi) is 19.1. The van der Waals surface area contributed by atoms with Gasteiger partial charge in [-0.3, -0.25) is 0 Å². The lowest BCUT2D eigenvalue weighted by molar-refractivity contribution is 0.00538. The minimum Gasteiger partial charge on any atom is -0.393 e. The molecule has 0 bridgehead atoms. The molecule has 3 nitrogen and oxygen atoms in total. The minimum atomic E-state index is -0.520. The molecular weight excluding hydrogens is 360 g/mol. The average molecular weight is 419 g/mol. The third-order valence-corrected chi connectivity index (χ3v) is 5.86. The van der Waals surface area contributed by atoms with Crippen LogP contribution in [0.3, 0.4) is 0 Å². The molecule has 0 aliphatic carbocycles. The van der Waals surface area contributed by atoms with E-state index in [1.54, 1.807) is 0 Å². The molecule has 0 aromatic heterocycles. The summed E-state index contributed by atoms with van der Waals surface area (Å²) in [4.78, 5) is 0. The molecule has 0 saturated heterocycles. The van der Waals surface area contributed by atoms with Crippen molar-refractivity contribution in [1.82, 2.24) is 0 Å². The molecule has 0 aliphatic heterocycles. The summed E-state index contributed by atoms with van der Waals surface area (Å²) in [5.41, 5.74) is -0.983. The summed E-state index contributed by atoms with van der Waals surface area (Å²) in [5, 5.41) is 27.8. The van der Waals surface area contributed by atoms with Gasteiger partial charge in [0.05, 0.1) is 17.3 Å². The van der Waals surface area contributed by atoms with Gasteiger partial charge in [-0.25, -0.2) is 0 Å². The standard InChI is InChI=1S/2C9H20O.C8H18O/c1-8(2)6-5-7-9(3,4)10;1-7(2)8(3)5-6-9(4)10;1-6(2)7(3)8(4,5)9/h8,10H,5-7H2,1-4H3;7-10H,5-6H2,1-4H3;6-7,9H,1-5H3/t;8-,9?;7-/m.10/s1. The Hall–Kier alpha value is -0.120. The van der Waals surface area contributed by atoms with Gasteiger partial charge in [-0.15, -0.1) is 0 Å². The molecule has 0 spiro atoms. The van der Waals surface area contributed by atoms with Crippen molar-refractivity contribution in [2.75, 3.05) is 0 Å². The lowest BCUT2D eigenvalue weighted by Crippen LogP contribution is -2.31. The Labute approximate surface area is 184 Å². The highest BCUT2D eigenvalue weighted by Gasteiger charge is 2.24. The quantitative estimate of drug-likeness (QED) is 0.355. The fourth-order valence-corrected chi connectivity index (χ4v) is 2.60. The van der Waals surface area contributed by atoms with E-state index in [0.29, 0.717) is 11.8 Å². The summed E-state index contributed by atoms with van der Waals surface area (Å²) < 4.78 is 0. The molecule has 0 aliphatic rings. The summed E-state index contributed by atoms with van der Waals surface area (Å²) in [5.74, 6) is 3.19. The van der Waals surface area contributed by atoms with E-state index in [9.17, 15) is 10.2 Å². The second-order valence-corrected chi connectivity index (χ2v) is 11.4. The van der Waals surface area contributed by atoms with Crippen molar-refractivity contribution in [2.45, 2.75) is 139 Å². The Morgan fingerprint density at radius 2 is 1.10 bits per heavy atom. The van der Waals surface area contributed by atoms with E-state index in [1.807, 2.05) is 34.6 Å². The maximum atomic E-state index is 9.46. The van der Waals surface area contributed by atoms with Crippen LogP contribution < -0.4 is 0 Å². The van der Waals surface area contributed by atoms with Crippen LogP contribution in [0.4, 0.5) is 0 Å². The number of hydrogen-bond donors (Lipinski definition) is 3. The summed E-state index contributed by atoms with van der Waals surface area (Å²) >= 11 is 0.